The molecule has 270 valence electrons. The van der Waals surface area contributed by atoms with E-state index in [1.165, 1.54) is 0 Å². The Kier molecular flexibility index (Phi) is 9.08. The summed E-state index contributed by atoms with van der Waals surface area (Å²) in [6.07, 6.45) is 4.07. The molecular formula is C42H40FN5O4S. The number of anilines is 4. The van der Waals surface area contributed by atoms with Crippen molar-refractivity contribution in [2.75, 3.05) is 53.3 Å². The van der Waals surface area contributed by atoms with Gasteiger partial charge in [-0.15, -0.1) is 11.3 Å². The molecule has 3 aliphatic rings. The third-order valence-corrected chi connectivity index (χ3v) is 11.9. The van der Waals surface area contributed by atoms with Gasteiger partial charge in [0.2, 0.25) is 0 Å². The summed E-state index contributed by atoms with van der Waals surface area (Å²) in [5.74, 6) is -0.879. The van der Waals surface area contributed by atoms with Crippen molar-refractivity contribution in [2.45, 2.75) is 40.0 Å². The van der Waals surface area contributed by atoms with Gasteiger partial charge >= 0.3 is 0 Å². The van der Waals surface area contributed by atoms with Crippen molar-refractivity contribution in [2.24, 2.45) is 5.41 Å². The minimum atomic E-state index is -0.554. The van der Waals surface area contributed by atoms with E-state index in [9.17, 15) is 14.4 Å². The number of para-hydroxylation sites is 2. The highest BCUT2D eigenvalue weighted by molar-refractivity contribution is 7.17. The van der Waals surface area contributed by atoms with E-state index in [2.05, 4.69) is 20.5 Å². The Hall–Kier alpha value is -5.39. The summed E-state index contributed by atoms with van der Waals surface area (Å²) in [5, 5.41) is 5.91. The summed E-state index contributed by atoms with van der Waals surface area (Å²) < 4.78 is 21.6. The van der Waals surface area contributed by atoms with Crippen LogP contribution in [0.1, 0.15) is 65.5 Å². The Morgan fingerprint density at radius 1 is 0.887 bits per heavy atom. The number of benzene rings is 3. The largest absolute Gasteiger partial charge is 0.381 e. The van der Waals surface area contributed by atoms with Crippen LogP contribution in [0.15, 0.2) is 79.0 Å². The molecule has 3 aromatic carbocycles. The number of nitrogens with zero attached hydrogens (tertiary/aromatic N) is 3. The van der Waals surface area contributed by atoms with Gasteiger partial charge in [-0.05, 0) is 93.1 Å². The Morgan fingerprint density at radius 2 is 1.60 bits per heavy atom. The first-order valence-corrected chi connectivity index (χ1v) is 18.7. The normalized spacial score (nSPS) is 15.9. The average Bonchev–Trinajstić information content (AvgIpc) is 3.38. The van der Waals surface area contributed by atoms with E-state index in [1.54, 1.807) is 35.4 Å². The molecule has 2 aromatic heterocycles. The number of amides is 3. The van der Waals surface area contributed by atoms with Crippen molar-refractivity contribution >= 4 is 51.9 Å². The molecule has 0 radical (unpaired) electrons. The highest BCUT2D eigenvalue weighted by atomic mass is 32.1. The number of pyridine rings is 1. The van der Waals surface area contributed by atoms with Gasteiger partial charge in [0, 0.05) is 77.4 Å². The lowest BCUT2D eigenvalue weighted by molar-refractivity contribution is -0.000511. The molecule has 11 heteroatoms. The van der Waals surface area contributed by atoms with Crippen LogP contribution < -0.4 is 20.4 Å². The Balaban J connectivity index is 0.991. The van der Waals surface area contributed by atoms with Gasteiger partial charge in [-0.1, -0.05) is 36.4 Å². The number of aryl methyl sites for hydroxylation is 3. The number of halogens is 1. The Labute approximate surface area is 311 Å². The van der Waals surface area contributed by atoms with Crippen LogP contribution in [-0.2, 0) is 11.2 Å². The smallest absolute Gasteiger partial charge is 0.268 e. The minimum absolute atomic E-state index is 0.0200. The highest BCUT2D eigenvalue weighted by Crippen LogP contribution is 2.45. The Morgan fingerprint density at radius 3 is 2.34 bits per heavy atom. The first-order valence-electron chi connectivity index (χ1n) is 17.9. The molecule has 0 aliphatic carbocycles. The number of carbonyl (C=O) groups excluding carboxylic acids is 3. The van der Waals surface area contributed by atoms with Gasteiger partial charge in [0.05, 0.1) is 11.3 Å². The SMILES string of the molecule is Cc1cnc(N2CC3(CCOCC3)C2)c(C(=O)Nc2ccc(C(=O)N3CCc4c(sc(C(=O)Nc5c(C)cccc5C)c4F)-c4ccccc43)cc2)c1. The molecular weight excluding hydrogens is 690 g/mol. The van der Waals surface area contributed by atoms with E-state index in [4.69, 9.17) is 4.74 Å². The molecule has 8 rings (SSSR count). The van der Waals surface area contributed by atoms with E-state index in [-0.39, 0.29) is 35.1 Å². The highest BCUT2D eigenvalue weighted by Gasteiger charge is 2.45. The second kappa shape index (κ2) is 13.9. The van der Waals surface area contributed by atoms with Crippen LogP contribution in [0, 0.1) is 32.0 Å². The molecule has 2 N–H and O–H groups in total. The maximum Gasteiger partial charge on any atom is 0.268 e. The first-order chi connectivity index (χ1) is 25.6. The zero-order valence-electron chi connectivity index (χ0n) is 29.9. The summed E-state index contributed by atoms with van der Waals surface area (Å²) in [5.41, 5.74) is 6.85. The number of fused-ring (bicyclic) bond motifs is 3. The molecule has 3 amide bonds. The number of nitrogens with one attached hydrogen (secondary N) is 2. The molecule has 5 aromatic rings. The number of rotatable bonds is 6. The lowest BCUT2D eigenvalue weighted by atomic mass is 9.73. The monoisotopic (exact) mass is 729 g/mol. The molecule has 0 bridgehead atoms. The van der Waals surface area contributed by atoms with E-state index in [0.29, 0.717) is 50.0 Å². The van der Waals surface area contributed by atoms with Gasteiger partial charge in [0.1, 0.15) is 10.7 Å². The lowest BCUT2D eigenvalue weighted by Crippen LogP contribution is -2.59. The number of hydrogen-bond donors (Lipinski definition) is 2. The number of aromatic nitrogens is 1. The van der Waals surface area contributed by atoms with E-state index in [0.717, 1.165) is 67.2 Å². The van der Waals surface area contributed by atoms with E-state index in [1.807, 2.05) is 69.3 Å². The standard InChI is InChI=1S/C42H40FN5O4S/c1-25-21-32(38(44-22-25)47-23-42(24-47)16-19-52-20-17-42)39(49)45-29-13-11-28(12-14-29)41(51)48-18-15-31-34(43)37(53-36(31)30-9-4-5-10-33(30)48)40(50)46-35-26(2)7-6-8-27(35)3/h4-14,21-22H,15-20,23-24H2,1-3H3,(H,45,49)(H,46,50). The summed E-state index contributed by atoms with van der Waals surface area (Å²) in [6, 6.07) is 21.8. The van der Waals surface area contributed by atoms with E-state index >= 15 is 4.39 Å². The van der Waals surface area contributed by atoms with Crippen LogP contribution in [0.2, 0.25) is 0 Å². The fourth-order valence-electron chi connectivity index (χ4n) is 7.74. The maximum absolute atomic E-state index is 16.1. The second-order valence-corrected chi connectivity index (χ2v) is 15.4. The third kappa shape index (κ3) is 6.48. The van der Waals surface area contributed by atoms with Crippen molar-refractivity contribution in [3.8, 4) is 10.4 Å². The van der Waals surface area contributed by atoms with Crippen LogP contribution in [0.5, 0.6) is 0 Å². The van der Waals surface area contributed by atoms with Gasteiger partial charge < -0.3 is 25.2 Å². The van der Waals surface area contributed by atoms with Crippen molar-refractivity contribution in [1.82, 2.24) is 4.98 Å². The average molecular weight is 730 g/mol. The van der Waals surface area contributed by atoms with Gasteiger partial charge in [0.25, 0.3) is 17.7 Å². The molecule has 3 aliphatic heterocycles. The van der Waals surface area contributed by atoms with Crippen LogP contribution in [0.3, 0.4) is 0 Å². The fourth-order valence-corrected chi connectivity index (χ4v) is 8.89. The van der Waals surface area contributed by atoms with Gasteiger partial charge in [-0.25, -0.2) is 9.37 Å². The molecule has 53 heavy (non-hydrogen) atoms. The van der Waals surface area contributed by atoms with Gasteiger partial charge in [-0.2, -0.15) is 0 Å². The third-order valence-electron chi connectivity index (χ3n) is 10.7. The van der Waals surface area contributed by atoms with Crippen molar-refractivity contribution in [3.63, 3.8) is 0 Å². The molecule has 2 saturated heterocycles. The number of carbonyl (C=O) groups is 3. The lowest BCUT2D eigenvalue weighted by Gasteiger charge is -2.53. The minimum Gasteiger partial charge on any atom is -0.381 e. The number of thiophene rings is 1. The molecule has 0 unspecified atom stereocenters. The first kappa shape index (κ1) is 34.7. The predicted molar refractivity (Wildman–Crippen MR) is 207 cm³/mol. The summed E-state index contributed by atoms with van der Waals surface area (Å²) in [4.78, 5) is 50.2. The van der Waals surface area contributed by atoms with Crippen LogP contribution in [-0.4, -0.2) is 55.6 Å². The molecule has 0 saturated carbocycles. The summed E-state index contributed by atoms with van der Waals surface area (Å²) >= 11 is 1.11. The topological polar surface area (TPSA) is 104 Å². The van der Waals surface area contributed by atoms with E-state index < -0.39 is 11.7 Å². The van der Waals surface area contributed by atoms with Crippen LogP contribution >= 0.6 is 11.3 Å². The zero-order chi connectivity index (χ0) is 36.9. The maximum atomic E-state index is 16.1. The molecule has 2 fully saturated rings. The van der Waals surface area contributed by atoms with Crippen LogP contribution in [0.4, 0.5) is 27.3 Å². The quantitative estimate of drug-likeness (QED) is 0.183. The second-order valence-electron chi connectivity index (χ2n) is 14.4. The summed E-state index contributed by atoms with van der Waals surface area (Å²) in [7, 11) is 0. The zero-order valence-corrected chi connectivity index (χ0v) is 30.7. The number of ether oxygens (including phenoxy) is 1. The molecule has 9 nitrogen and oxygen atoms in total. The molecule has 0 atom stereocenters. The predicted octanol–water partition coefficient (Wildman–Crippen LogP) is 8.20. The Bertz CT molecular complexity index is 2230. The van der Waals surface area contributed by atoms with Crippen LogP contribution in [0.25, 0.3) is 10.4 Å². The number of hydrogen-bond acceptors (Lipinski definition) is 7. The van der Waals surface area contributed by atoms with Gasteiger partial charge in [0.15, 0.2) is 5.82 Å². The fraction of sp³-hybridized carbons (Fsp3) is 0.286. The van der Waals surface area contributed by atoms with Crippen molar-refractivity contribution < 1.29 is 23.5 Å². The molecule has 1 spiro atoms. The van der Waals surface area contributed by atoms with Crippen molar-refractivity contribution in [1.29, 1.82) is 0 Å². The van der Waals surface area contributed by atoms with Gasteiger partial charge in [-0.3, -0.25) is 14.4 Å². The molecule has 5 heterocycles. The van der Waals surface area contributed by atoms with Crippen molar-refractivity contribution in [3.05, 3.63) is 123 Å². The summed E-state index contributed by atoms with van der Waals surface area (Å²) in [6.45, 7) is 9.21.